The molecule has 2 amide bonds. The van der Waals surface area contributed by atoms with Gasteiger partial charge in [0.2, 0.25) is 12.0 Å². The number of nitrogens with one attached hydrogen (secondary N) is 1. The fourth-order valence-corrected chi connectivity index (χ4v) is 6.04. The number of hydrogen-bond acceptors (Lipinski definition) is 7. The van der Waals surface area contributed by atoms with Gasteiger partial charge in [0.25, 0.3) is 5.91 Å². The Hall–Kier alpha value is -3.72. The van der Waals surface area contributed by atoms with Gasteiger partial charge in [0, 0.05) is 22.7 Å². The molecule has 38 heavy (non-hydrogen) atoms. The van der Waals surface area contributed by atoms with E-state index in [0.29, 0.717) is 41.9 Å². The lowest BCUT2D eigenvalue weighted by atomic mass is 9.95. The molecule has 8 nitrogen and oxygen atoms in total. The summed E-state index contributed by atoms with van der Waals surface area (Å²) in [4.78, 5) is 30.6. The highest BCUT2D eigenvalue weighted by Gasteiger charge is 2.40. The van der Waals surface area contributed by atoms with Crippen LogP contribution in [0.25, 0.3) is 0 Å². The van der Waals surface area contributed by atoms with E-state index in [2.05, 4.69) is 5.32 Å². The number of rotatable bonds is 6. The molecule has 1 saturated carbocycles. The van der Waals surface area contributed by atoms with Crippen LogP contribution < -0.4 is 29.2 Å². The van der Waals surface area contributed by atoms with Crippen LogP contribution in [0.5, 0.6) is 23.0 Å². The van der Waals surface area contributed by atoms with Gasteiger partial charge in [0.1, 0.15) is 25.9 Å². The Bertz CT molecular complexity index is 1290. The third-order valence-electron chi connectivity index (χ3n) is 7.10. The van der Waals surface area contributed by atoms with Crippen molar-refractivity contribution < 1.29 is 28.5 Å². The van der Waals surface area contributed by atoms with Crippen LogP contribution in [0, 0.1) is 0 Å². The maximum atomic E-state index is 14.3. The Morgan fingerprint density at radius 3 is 2.42 bits per heavy atom. The molecule has 3 aliphatic rings. The van der Waals surface area contributed by atoms with E-state index in [1.807, 2.05) is 29.6 Å². The molecule has 9 heteroatoms. The second kappa shape index (κ2) is 10.9. The lowest BCUT2D eigenvalue weighted by Crippen LogP contribution is -2.52. The van der Waals surface area contributed by atoms with Crippen molar-refractivity contribution in [3.05, 3.63) is 64.9 Å². The average molecular weight is 535 g/mol. The van der Waals surface area contributed by atoms with Crippen molar-refractivity contribution in [2.75, 3.05) is 24.7 Å². The van der Waals surface area contributed by atoms with E-state index in [1.165, 1.54) is 22.7 Å². The zero-order valence-electron chi connectivity index (χ0n) is 21.0. The van der Waals surface area contributed by atoms with Gasteiger partial charge < -0.3 is 24.3 Å². The highest BCUT2D eigenvalue weighted by Crippen LogP contribution is 2.39. The summed E-state index contributed by atoms with van der Waals surface area (Å²) in [5.74, 6) is 1.66. The summed E-state index contributed by atoms with van der Waals surface area (Å²) in [5, 5.41) is 5.15. The number of carbonyl (C=O) groups is 2. The number of carbonyl (C=O) groups excluding carboxylic acids is 2. The first-order valence-electron chi connectivity index (χ1n) is 13.1. The fraction of sp³-hybridized carbons (Fsp3) is 0.379. The molecule has 0 saturated heterocycles. The number of anilines is 1. The van der Waals surface area contributed by atoms with Crippen LogP contribution in [0.2, 0.25) is 0 Å². The molecule has 2 aliphatic heterocycles. The van der Waals surface area contributed by atoms with E-state index in [4.69, 9.17) is 18.9 Å². The SMILES string of the molecule is O=C(NC1CCCCC1)[C@@H](c1cccs1)N(C(=O)[C@H]1COc2ccccc2O1)c1ccc2c(c1)OCCO2. The van der Waals surface area contributed by atoms with Gasteiger partial charge in [-0.05, 0) is 48.6 Å². The number of ether oxygens (including phenoxy) is 4. The number of thiophene rings is 1. The van der Waals surface area contributed by atoms with Crippen molar-refractivity contribution in [1.29, 1.82) is 0 Å². The van der Waals surface area contributed by atoms with Crippen LogP contribution >= 0.6 is 11.3 Å². The minimum atomic E-state index is -0.928. The van der Waals surface area contributed by atoms with Crippen molar-refractivity contribution in [2.24, 2.45) is 0 Å². The first-order valence-corrected chi connectivity index (χ1v) is 14.0. The van der Waals surface area contributed by atoms with E-state index in [0.717, 1.165) is 30.6 Å². The minimum absolute atomic E-state index is 0.0400. The summed E-state index contributed by atoms with van der Waals surface area (Å²) >= 11 is 1.44. The van der Waals surface area contributed by atoms with E-state index >= 15 is 0 Å². The lowest BCUT2D eigenvalue weighted by molar-refractivity contribution is -0.132. The maximum absolute atomic E-state index is 14.3. The number of nitrogens with zero attached hydrogens (tertiary/aromatic N) is 1. The van der Waals surface area contributed by atoms with Crippen LogP contribution in [0.3, 0.4) is 0 Å². The Kier molecular flexibility index (Phi) is 7.09. The zero-order valence-corrected chi connectivity index (χ0v) is 21.8. The quantitative estimate of drug-likeness (QED) is 0.485. The topological polar surface area (TPSA) is 86.3 Å². The van der Waals surface area contributed by atoms with Gasteiger partial charge in [-0.3, -0.25) is 14.5 Å². The molecule has 1 N–H and O–H groups in total. The molecule has 2 atom stereocenters. The Morgan fingerprint density at radius 2 is 1.63 bits per heavy atom. The Morgan fingerprint density at radius 1 is 0.868 bits per heavy atom. The predicted molar refractivity (Wildman–Crippen MR) is 143 cm³/mol. The molecule has 3 heterocycles. The van der Waals surface area contributed by atoms with Crippen molar-refractivity contribution in [2.45, 2.75) is 50.3 Å². The summed E-state index contributed by atoms with van der Waals surface area (Å²) in [6.45, 7) is 0.916. The normalized spacial score (nSPS) is 19.3. The molecular weight excluding hydrogens is 504 g/mol. The molecule has 6 rings (SSSR count). The van der Waals surface area contributed by atoms with E-state index in [-0.39, 0.29) is 24.5 Å². The fourth-order valence-electron chi connectivity index (χ4n) is 5.23. The zero-order chi connectivity index (χ0) is 25.9. The van der Waals surface area contributed by atoms with Crippen LogP contribution in [-0.2, 0) is 9.59 Å². The van der Waals surface area contributed by atoms with Gasteiger partial charge in [0.15, 0.2) is 23.0 Å². The van der Waals surface area contributed by atoms with Crippen molar-refractivity contribution in [1.82, 2.24) is 5.32 Å². The molecule has 0 bridgehead atoms. The summed E-state index contributed by atoms with van der Waals surface area (Å²) in [7, 11) is 0. The van der Waals surface area contributed by atoms with Gasteiger partial charge in [-0.15, -0.1) is 11.3 Å². The average Bonchev–Trinajstić information content (AvgIpc) is 3.50. The molecule has 1 fully saturated rings. The third-order valence-corrected chi connectivity index (χ3v) is 8.02. The highest BCUT2D eigenvalue weighted by molar-refractivity contribution is 7.10. The van der Waals surface area contributed by atoms with Crippen LogP contribution in [0.1, 0.15) is 43.0 Å². The molecule has 1 aromatic heterocycles. The van der Waals surface area contributed by atoms with E-state index in [9.17, 15) is 9.59 Å². The Labute approximate surface area is 225 Å². The van der Waals surface area contributed by atoms with Gasteiger partial charge in [-0.25, -0.2) is 0 Å². The smallest absolute Gasteiger partial charge is 0.272 e. The molecular formula is C29H30N2O6S. The lowest BCUT2D eigenvalue weighted by Gasteiger charge is -2.36. The third kappa shape index (κ3) is 5.03. The monoisotopic (exact) mass is 534 g/mol. The van der Waals surface area contributed by atoms with Crippen LogP contribution in [0.15, 0.2) is 60.0 Å². The second-order valence-corrected chi connectivity index (χ2v) is 10.6. The summed E-state index contributed by atoms with van der Waals surface area (Å²) in [6, 6.07) is 15.6. The van der Waals surface area contributed by atoms with Gasteiger partial charge in [-0.1, -0.05) is 37.5 Å². The second-order valence-electron chi connectivity index (χ2n) is 9.66. The van der Waals surface area contributed by atoms with Crippen LogP contribution in [-0.4, -0.2) is 43.8 Å². The Balaban J connectivity index is 1.38. The molecule has 1 aliphatic carbocycles. The number of benzene rings is 2. The van der Waals surface area contributed by atoms with Gasteiger partial charge in [0.05, 0.1) is 0 Å². The largest absolute Gasteiger partial charge is 0.486 e. The maximum Gasteiger partial charge on any atom is 0.272 e. The first-order chi connectivity index (χ1) is 18.7. The van der Waals surface area contributed by atoms with Crippen LogP contribution in [0.4, 0.5) is 5.69 Å². The van der Waals surface area contributed by atoms with Crippen molar-refractivity contribution in [3.63, 3.8) is 0 Å². The summed E-state index contributed by atoms with van der Waals surface area (Å²) < 4.78 is 23.5. The summed E-state index contributed by atoms with van der Waals surface area (Å²) in [5.41, 5.74) is 0.527. The molecule has 198 valence electrons. The number of amides is 2. The van der Waals surface area contributed by atoms with Gasteiger partial charge in [-0.2, -0.15) is 0 Å². The molecule has 0 radical (unpaired) electrons. The van der Waals surface area contributed by atoms with Gasteiger partial charge >= 0.3 is 0 Å². The van der Waals surface area contributed by atoms with E-state index in [1.54, 1.807) is 30.3 Å². The minimum Gasteiger partial charge on any atom is -0.486 e. The number of hydrogen-bond donors (Lipinski definition) is 1. The predicted octanol–water partition coefficient (Wildman–Crippen LogP) is 4.88. The van der Waals surface area contributed by atoms with E-state index < -0.39 is 12.1 Å². The highest BCUT2D eigenvalue weighted by atomic mass is 32.1. The van der Waals surface area contributed by atoms with Crippen molar-refractivity contribution >= 4 is 28.8 Å². The molecule has 0 spiro atoms. The molecule has 0 unspecified atom stereocenters. The number of para-hydroxylation sites is 2. The summed E-state index contributed by atoms with van der Waals surface area (Å²) in [6.07, 6.45) is 4.32. The standard InChI is InChI=1S/C29H30N2O6S/c32-28(30-19-7-2-1-3-8-19)27(26-11-6-16-38-26)31(20-12-13-22-24(17-20)35-15-14-34-22)29(33)25-18-36-21-9-4-5-10-23(21)37-25/h4-6,9-13,16-17,19,25,27H,1-3,7-8,14-15,18H2,(H,30,32)/t25-,27-/m1/s1. The molecule has 2 aromatic carbocycles. The van der Waals surface area contributed by atoms with Crippen molar-refractivity contribution in [3.8, 4) is 23.0 Å². The molecule has 3 aromatic rings. The number of fused-ring (bicyclic) bond motifs is 2. The first kappa shape index (κ1) is 24.6.